The molecule has 2 amide bonds. The van der Waals surface area contributed by atoms with Gasteiger partial charge >= 0.3 is 0 Å². The van der Waals surface area contributed by atoms with Crippen molar-refractivity contribution in [3.05, 3.63) is 36.3 Å². The zero-order valence-corrected chi connectivity index (χ0v) is 14.5. The summed E-state index contributed by atoms with van der Waals surface area (Å²) in [6.45, 7) is 1.34. The van der Waals surface area contributed by atoms with Gasteiger partial charge in [-0.25, -0.2) is 4.98 Å². The molecule has 1 aliphatic heterocycles. The van der Waals surface area contributed by atoms with Crippen LogP contribution in [0.4, 0.5) is 5.69 Å². The average Bonchev–Trinajstić information content (AvgIpc) is 3.32. The van der Waals surface area contributed by atoms with Gasteiger partial charge in [0.1, 0.15) is 6.54 Å². The number of carbonyl (C=O) groups excluding carboxylic acids is 2. The third kappa shape index (κ3) is 4.79. The van der Waals surface area contributed by atoms with Gasteiger partial charge in [-0.2, -0.15) is 5.10 Å². The summed E-state index contributed by atoms with van der Waals surface area (Å²) in [6, 6.07) is 3.22. The molecule has 3 rings (SSSR count). The molecule has 138 valence electrons. The van der Waals surface area contributed by atoms with Crippen molar-refractivity contribution in [1.29, 1.82) is 0 Å². The first-order valence-electron chi connectivity index (χ1n) is 8.36. The molecule has 1 aliphatic rings. The van der Waals surface area contributed by atoms with Crippen LogP contribution in [-0.4, -0.2) is 52.9 Å². The number of hydrogen-bond donors (Lipinski definition) is 2. The van der Waals surface area contributed by atoms with Gasteiger partial charge in [0.25, 0.3) is 5.91 Å². The van der Waals surface area contributed by atoms with Crippen LogP contribution in [0.5, 0.6) is 5.88 Å². The molecule has 0 aromatic carbocycles. The Morgan fingerprint density at radius 2 is 2.27 bits per heavy atom. The van der Waals surface area contributed by atoms with Crippen molar-refractivity contribution in [3.63, 3.8) is 0 Å². The summed E-state index contributed by atoms with van der Waals surface area (Å²) in [5.74, 6) is -0.0354. The van der Waals surface area contributed by atoms with Crippen molar-refractivity contribution in [2.45, 2.75) is 25.5 Å². The molecule has 1 fully saturated rings. The minimum atomic E-state index is -0.317. The highest BCUT2D eigenvalue weighted by molar-refractivity contribution is 6.03. The van der Waals surface area contributed by atoms with E-state index in [4.69, 9.17) is 9.47 Å². The summed E-state index contributed by atoms with van der Waals surface area (Å²) < 4.78 is 11.9. The highest BCUT2D eigenvalue weighted by Crippen LogP contribution is 2.12. The van der Waals surface area contributed by atoms with Crippen molar-refractivity contribution < 1.29 is 19.1 Å². The summed E-state index contributed by atoms with van der Waals surface area (Å²) in [4.78, 5) is 28.1. The van der Waals surface area contributed by atoms with Gasteiger partial charge in [-0.05, 0) is 18.9 Å². The second kappa shape index (κ2) is 8.43. The van der Waals surface area contributed by atoms with Crippen molar-refractivity contribution in [2.75, 3.05) is 25.6 Å². The molecular weight excluding hydrogens is 338 g/mol. The molecule has 2 aromatic heterocycles. The van der Waals surface area contributed by atoms with E-state index in [1.165, 1.54) is 24.2 Å². The number of rotatable bonds is 7. The topological polar surface area (TPSA) is 107 Å². The molecule has 2 aromatic rings. The van der Waals surface area contributed by atoms with Crippen LogP contribution >= 0.6 is 0 Å². The molecular formula is C17H21N5O4. The molecule has 0 aliphatic carbocycles. The Bertz CT molecular complexity index is 753. The van der Waals surface area contributed by atoms with Crippen LogP contribution in [0.3, 0.4) is 0 Å². The van der Waals surface area contributed by atoms with E-state index in [0.717, 1.165) is 19.4 Å². The van der Waals surface area contributed by atoms with Crippen LogP contribution in [0.1, 0.15) is 23.2 Å². The molecule has 9 heteroatoms. The molecule has 0 saturated carbocycles. The van der Waals surface area contributed by atoms with Gasteiger partial charge in [-0.3, -0.25) is 14.3 Å². The summed E-state index contributed by atoms with van der Waals surface area (Å²) >= 11 is 0. The summed E-state index contributed by atoms with van der Waals surface area (Å²) in [7, 11) is 1.51. The van der Waals surface area contributed by atoms with Crippen LogP contribution in [0.2, 0.25) is 0 Å². The summed E-state index contributed by atoms with van der Waals surface area (Å²) in [5.41, 5.74) is 0.894. The molecule has 0 spiro atoms. The van der Waals surface area contributed by atoms with Crippen molar-refractivity contribution in [2.24, 2.45) is 0 Å². The Balaban J connectivity index is 1.48. The molecule has 0 unspecified atom stereocenters. The van der Waals surface area contributed by atoms with Crippen molar-refractivity contribution in [3.8, 4) is 5.88 Å². The summed E-state index contributed by atoms with van der Waals surface area (Å²) in [5, 5.41) is 9.62. The van der Waals surface area contributed by atoms with Crippen LogP contribution < -0.4 is 15.4 Å². The number of amides is 2. The zero-order chi connectivity index (χ0) is 18.4. The van der Waals surface area contributed by atoms with Gasteiger partial charge in [0.15, 0.2) is 0 Å². The van der Waals surface area contributed by atoms with Crippen LogP contribution in [0.15, 0.2) is 30.7 Å². The second-order valence-electron chi connectivity index (χ2n) is 5.91. The van der Waals surface area contributed by atoms with E-state index in [1.807, 2.05) is 0 Å². The number of hydrogen-bond acceptors (Lipinski definition) is 6. The van der Waals surface area contributed by atoms with Crippen LogP contribution in [-0.2, 0) is 16.1 Å². The lowest BCUT2D eigenvalue weighted by Crippen LogP contribution is -2.34. The lowest BCUT2D eigenvalue weighted by atomic mass is 10.2. The number of anilines is 1. The number of nitrogens with one attached hydrogen (secondary N) is 2. The number of aromatic nitrogens is 3. The van der Waals surface area contributed by atoms with Gasteiger partial charge < -0.3 is 20.1 Å². The standard InChI is InChI=1S/C17H21N5O4/c1-25-16-5-4-12(7-19-16)17(24)21-13-8-20-22(10-13)11-15(23)18-9-14-3-2-6-26-14/h4-5,7-8,10,14H,2-3,6,9,11H2,1H3,(H,18,23)(H,21,24)/t14-/m0/s1. The van der Waals surface area contributed by atoms with E-state index < -0.39 is 0 Å². The van der Waals surface area contributed by atoms with Crippen molar-refractivity contribution >= 4 is 17.5 Å². The molecule has 1 saturated heterocycles. The smallest absolute Gasteiger partial charge is 0.257 e. The average molecular weight is 359 g/mol. The fourth-order valence-electron chi connectivity index (χ4n) is 2.59. The van der Waals surface area contributed by atoms with Gasteiger partial charge in [-0.15, -0.1) is 0 Å². The first-order chi connectivity index (χ1) is 12.6. The lowest BCUT2D eigenvalue weighted by molar-refractivity contribution is -0.122. The van der Waals surface area contributed by atoms with Gasteiger partial charge in [-0.1, -0.05) is 0 Å². The monoisotopic (exact) mass is 359 g/mol. The molecule has 9 nitrogen and oxygen atoms in total. The first kappa shape index (κ1) is 17.9. The quantitative estimate of drug-likeness (QED) is 0.758. The van der Waals surface area contributed by atoms with E-state index in [1.54, 1.807) is 18.3 Å². The number of ether oxygens (including phenoxy) is 2. The van der Waals surface area contributed by atoms with E-state index in [0.29, 0.717) is 23.7 Å². The minimum Gasteiger partial charge on any atom is -0.481 e. The Labute approximate surface area is 150 Å². The van der Waals surface area contributed by atoms with E-state index >= 15 is 0 Å². The number of pyridine rings is 1. The Morgan fingerprint density at radius 1 is 1.38 bits per heavy atom. The normalized spacial score (nSPS) is 16.3. The Morgan fingerprint density at radius 3 is 2.96 bits per heavy atom. The van der Waals surface area contributed by atoms with Crippen LogP contribution in [0.25, 0.3) is 0 Å². The van der Waals surface area contributed by atoms with Gasteiger partial charge in [0.2, 0.25) is 11.8 Å². The molecule has 0 radical (unpaired) electrons. The second-order valence-corrected chi connectivity index (χ2v) is 5.91. The van der Waals surface area contributed by atoms with Gasteiger partial charge in [0.05, 0.1) is 30.7 Å². The number of methoxy groups -OCH3 is 1. The Kier molecular flexibility index (Phi) is 5.80. The third-order valence-electron chi connectivity index (χ3n) is 3.96. The van der Waals surface area contributed by atoms with Crippen LogP contribution in [0, 0.1) is 0 Å². The maximum Gasteiger partial charge on any atom is 0.257 e. The Hall–Kier alpha value is -2.94. The predicted molar refractivity (Wildman–Crippen MR) is 93.0 cm³/mol. The largest absolute Gasteiger partial charge is 0.481 e. The molecule has 26 heavy (non-hydrogen) atoms. The van der Waals surface area contributed by atoms with E-state index in [2.05, 4.69) is 20.7 Å². The lowest BCUT2D eigenvalue weighted by Gasteiger charge is -2.10. The molecule has 0 bridgehead atoms. The zero-order valence-electron chi connectivity index (χ0n) is 14.5. The highest BCUT2D eigenvalue weighted by Gasteiger charge is 2.16. The maximum atomic E-state index is 12.2. The van der Waals surface area contributed by atoms with Crippen molar-refractivity contribution in [1.82, 2.24) is 20.1 Å². The minimum absolute atomic E-state index is 0.0761. The molecule has 3 heterocycles. The fraction of sp³-hybridized carbons (Fsp3) is 0.412. The number of nitrogens with zero attached hydrogens (tertiary/aromatic N) is 3. The predicted octanol–water partition coefficient (Wildman–Crippen LogP) is 0.834. The summed E-state index contributed by atoms with van der Waals surface area (Å²) in [6.07, 6.45) is 6.62. The molecule has 2 N–H and O–H groups in total. The molecule has 1 atom stereocenters. The SMILES string of the molecule is COc1ccc(C(=O)Nc2cnn(CC(=O)NC[C@@H]3CCCO3)c2)cn1. The number of carbonyl (C=O) groups is 2. The third-order valence-corrected chi connectivity index (χ3v) is 3.96. The first-order valence-corrected chi connectivity index (χ1v) is 8.36. The van der Waals surface area contributed by atoms with E-state index in [9.17, 15) is 9.59 Å². The van der Waals surface area contributed by atoms with E-state index in [-0.39, 0.29) is 24.5 Å². The van der Waals surface area contributed by atoms with Gasteiger partial charge in [0, 0.05) is 31.6 Å². The maximum absolute atomic E-state index is 12.2. The fourth-order valence-corrected chi connectivity index (χ4v) is 2.59. The highest BCUT2D eigenvalue weighted by atomic mass is 16.5.